The summed E-state index contributed by atoms with van der Waals surface area (Å²) in [5.41, 5.74) is 25.2. The van der Waals surface area contributed by atoms with Crippen molar-refractivity contribution in [3.05, 3.63) is 247 Å². The maximum atomic E-state index is 2.64. The molecule has 6 aliphatic carbocycles. The highest BCUT2D eigenvalue weighted by atomic mass is 15.1. The molecule has 0 N–H and O–H groups in total. The first-order valence-electron chi connectivity index (χ1n) is 26.6. The van der Waals surface area contributed by atoms with Crippen LogP contribution in [0.4, 0.5) is 17.1 Å². The van der Waals surface area contributed by atoms with Gasteiger partial charge in [0.05, 0.1) is 0 Å². The molecule has 1 heteroatoms. The third-order valence-corrected chi connectivity index (χ3v) is 18.5. The zero-order valence-corrected chi connectivity index (χ0v) is 41.2. The SMILES string of the molecule is CC1(C)c2ccccc2-c2cccc(-c3ccccc3-c3ccc(N(c4ccc(-c5cccc6cccc(-c7ccccc7)c56)cc4)c4ccc5c(c4)C4(c6ccccc6-5)C5CC6CC(C5)CC4C6)cc3)c21. The van der Waals surface area contributed by atoms with E-state index in [0.29, 0.717) is 11.8 Å². The van der Waals surface area contributed by atoms with Gasteiger partial charge in [0.2, 0.25) is 0 Å². The molecular weight excluding hydrogens is 867 g/mol. The Morgan fingerprint density at radius 2 is 0.778 bits per heavy atom. The van der Waals surface area contributed by atoms with E-state index in [1.807, 2.05) is 0 Å². The lowest BCUT2D eigenvalue weighted by molar-refractivity contribution is -0.0399. The second-order valence-electron chi connectivity index (χ2n) is 22.4. The molecule has 1 nitrogen and oxygen atoms in total. The summed E-state index contributed by atoms with van der Waals surface area (Å²) in [5.74, 6) is 3.19. The van der Waals surface area contributed by atoms with Crippen molar-refractivity contribution in [3.8, 4) is 66.8 Å². The molecule has 0 aromatic heterocycles. The van der Waals surface area contributed by atoms with Crippen LogP contribution in [0.15, 0.2) is 224 Å². The van der Waals surface area contributed by atoms with Crippen molar-refractivity contribution in [2.24, 2.45) is 23.7 Å². The zero-order valence-electron chi connectivity index (χ0n) is 41.2. The lowest BCUT2D eigenvalue weighted by Gasteiger charge is -2.61. The first kappa shape index (κ1) is 42.0. The predicted octanol–water partition coefficient (Wildman–Crippen LogP) is 19.0. The minimum atomic E-state index is -0.111. The van der Waals surface area contributed by atoms with Gasteiger partial charge >= 0.3 is 0 Å². The zero-order chi connectivity index (χ0) is 47.7. The smallest absolute Gasteiger partial charge is 0.0465 e. The Kier molecular flexibility index (Phi) is 9.26. The van der Waals surface area contributed by atoms with E-state index in [9.17, 15) is 0 Å². The van der Waals surface area contributed by atoms with Crippen molar-refractivity contribution in [1.82, 2.24) is 0 Å². The fraction of sp³-hybridized carbons (Fsp3) is 0.183. The molecule has 0 saturated heterocycles. The average Bonchev–Trinajstić information content (AvgIpc) is 3.86. The summed E-state index contributed by atoms with van der Waals surface area (Å²) in [6.45, 7) is 4.79. The van der Waals surface area contributed by atoms with E-state index in [0.717, 1.165) is 23.2 Å². The van der Waals surface area contributed by atoms with Crippen LogP contribution in [-0.2, 0) is 10.8 Å². The van der Waals surface area contributed by atoms with Gasteiger partial charge in [-0.15, -0.1) is 0 Å². The molecule has 6 aliphatic rings. The van der Waals surface area contributed by atoms with Crippen LogP contribution in [0.1, 0.15) is 68.2 Å². The summed E-state index contributed by atoms with van der Waals surface area (Å²) in [5, 5.41) is 2.55. The van der Waals surface area contributed by atoms with E-state index in [-0.39, 0.29) is 10.8 Å². The second-order valence-corrected chi connectivity index (χ2v) is 22.4. The molecule has 72 heavy (non-hydrogen) atoms. The summed E-state index contributed by atoms with van der Waals surface area (Å²) in [6.07, 6.45) is 6.93. The minimum absolute atomic E-state index is 0.0802. The number of hydrogen-bond acceptors (Lipinski definition) is 1. The number of anilines is 3. The van der Waals surface area contributed by atoms with E-state index >= 15 is 0 Å². The first-order chi connectivity index (χ1) is 35.4. The summed E-state index contributed by atoms with van der Waals surface area (Å²) >= 11 is 0. The van der Waals surface area contributed by atoms with Crippen molar-refractivity contribution in [2.75, 3.05) is 4.90 Å². The average molecular weight is 924 g/mol. The molecule has 4 bridgehead atoms. The first-order valence-corrected chi connectivity index (χ1v) is 26.6. The van der Waals surface area contributed by atoms with Gasteiger partial charge in [-0.3, -0.25) is 0 Å². The highest BCUT2D eigenvalue weighted by Crippen LogP contribution is 2.69. The molecule has 346 valence electrons. The highest BCUT2D eigenvalue weighted by molar-refractivity contribution is 6.06. The third-order valence-electron chi connectivity index (χ3n) is 18.5. The Labute approximate surface area is 424 Å². The Balaban J connectivity index is 0.871. The van der Waals surface area contributed by atoms with Crippen LogP contribution in [0.5, 0.6) is 0 Å². The van der Waals surface area contributed by atoms with Crippen molar-refractivity contribution in [1.29, 1.82) is 0 Å². The van der Waals surface area contributed by atoms with Crippen LogP contribution in [0.2, 0.25) is 0 Å². The van der Waals surface area contributed by atoms with Crippen LogP contribution in [0, 0.1) is 23.7 Å². The molecule has 0 unspecified atom stereocenters. The van der Waals surface area contributed by atoms with Gasteiger partial charge in [-0.1, -0.05) is 202 Å². The molecular formula is C71H57N. The molecule has 16 rings (SSSR count). The summed E-state index contributed by atoms with van der Waals surface area (Å²) in [4.78, 5) is 2.54. The monoisotopic (exact) mass is 923 g/mol. The largest absolute Gasteiger partial charge is 0.310 e. The molecule has 4 saturated carbocycles. The van der Waals surface area contributed by atoms with Crippen LogP contribution in [-0.4, -0.2) is 0 Å². The number of nitrogens with zero attached hydrogens (tertiary/aromatic N) is 1. The fourth-order valence-corrected chi connectivity index (χ4v) is 15.8. The Bertz CT molecular complexity index is 3750. The highest BCUT2D eigenvalue weighted by Gasteiger charge is 2.61. The van der Waals surface area contributed by atoms with Gasteiger partial charge < -0.3 is 4.90 Å². The van der Waals surface area contributed by atoms with Crippen molar-refractivity contribution < 1.29 is 0 Å². The summed E-state index contributed by atoms with van der Waals surface area (Å²) in [6, 6.07) is 85.2. The summed E-state index contributed by atoms with van der Waals surface area (Å²) in [7, 11) is 0. The van der Waals surface area contributed by atoms with Gasteiger partial charge in [0.1, 0.15) is 0 Å². The topological polar surface area (TPSA) is 3.24 Å². The van der Waals surface area contributed by atoms with E-state index in [2.05, 4.69) is 243 Å². The van der Waals surface area contributed by atoms with E-state index < -0.39 is 0 Å². The van der Waals surface area contributed by atoms with E-state index in [1.165, 1.54) is 126 Å². The van der Waals surface area contributed by atoms with Gasteiger partial charge in [-0.2, -0.15) is 0 Å². The van der Waals surface area contributed by atoms with E-state index in [1.54, 1.807) is 11.1 Å². The minimum Gasteiger partial charge on any atom is -0.310 e. The maximum Gasteiger partial charge on any atom is 0.0465 e. The van der Waals surface area contributed by atoms with E-state index in [4.69, 9.17) is 0 Å². The molecule has 10 aromatic rings. The normalized spacial score (nSPS) is 21.4. The molecule has 10 aromatic carbocycles. The Hall–Kier alpha value is -7.74. The Morgan fingerprint density at radius 3 is 1.42 bits per heavy atom. The van der Waals surface area contributed by atoms with Gasteiger partial charge in [0.25, 0.3) is 0 Å². The van der Waals surface area contributed by atoms with Crippen molar-refractivity contribution in [2.45, 2.75) is 56.8 Å². The van der Waals surface area contributed by atoms with Crippen molar-refractivity contribution >= 4 is 27.8 Å². The molecule has 0 heterocycles. The third kappa shape index (κ3) is 6.07. The lowest BCUT2D eigenvalue weighted by Crippen LogP contribution is -2.55. The van der Waals surface area contributed by atoms with Crippen LogP contribution >= 0.6 is 0 Å². The molecule has 0 radical (unpaired) electrons. The standard InChI is InChI=1S/C71H57N/c1-70(2)65-27-10-8-22-61(65)64-26-14-25-63(69(64)70)59-20-7-6-19-56(59)48-29-33-53(34-30-48)72(54-35-31-49(32-36-54)58-24-13-18-50-17-12-23-57(68(50)58)47-15-4-3-5-16-47)55-37-38-62-60-21-9-11-28-66(60)71(67(62)44-55)51-40-45-39-46(42-51)43-52(71)41-45/h3-38,44-46,51-52H,39-43H2,1-2H3. The molecule has 1 spiro atoms. The predicted molar refractivity (Wildman–Crippen MR) is 301 cm³/mol. The number of hydrogen-bond donors (Lipinski definition) is 0. The lowest BCUT2D eigenvalue weighted by atomic mass is 9.43. The van der Waals surface area contributed by atoms with Crippen LogP contribution in [0.3, 0.4) is 0 Å². The van der Waals surface area contributed by atoms with Crippen LogP contribution < -0.4 is 4.90 Å². The second kappa shape index (κ2) is 15.9. The molecule has 0 aliphatic heterocycles. The van der Waals surface area contributed by atoms with Gasteiger partial charge in [-0.05, 0) is 192 Å². The van der Waals surface area contributed by atoms with Crippen molar-refractivity contribution in [3.63, 3.8) is 0 Å². The van der Waals surface area contributed by atoms with Gasteiger partial charge in [0.15, 0.2) is 0 Å². The number of fused-ring (bicyclic) bond motifs is 7. The maximum absolute atomic E-state index is 2.64. The van der Waals surface area contributed by atoms with Gasteiger partial charge in [0, 0.05) is 27.9 Å². The molecule has 0 atom stereocenters. The number of benzene rings is 10. The quantitative estimate of drug-likeness (QED) is 0.154. The van der Waals surface area contributed by atoms with Crippen LogP contribution in [0.25, 0.3) is 77.5 Å². The summed E-state index contributed by atoms with van der Waals surface area (Å²) < 4.78 is 0. The molecule has 4 fully saturated rings. The Morgan fingerprint density at radius 1 is 0.333 bits per heavy atom. The number of rotatable bonds is 7. The molecule has 0 amide bonds. The van der Waals surface area contributed by atoms with Gasteiger partial charge in [-0.25, -0.2) is 0 Å². The fourth-order valence-electron chi connectivity index (χ4n) is 15.8.